The van der Waals surface area contributed by atoms with Gasteiger partial charge in [0.05, 0.1) is 45.5 Å². The largest absolute Gasteiger partial charge is 0.392 e. The molecule has 0 aliphatic heterocycles. The highest BCUT2D eigenvalue weighted by Crippen LogP contribution is 2.23. The number of benzene rings is 2. The van der Waals surface area contributed by atoms with Crippen LogP contribution in [0, 0.1) is 0 Å². The van der Waals surface area contributed by atoms with Gasteiger partial charge < -0.3 is 15.5 Å². The van der Waals surface area contributed by atoms with Crippen molar-refractivity contribution in [1.82, 2.24) is 10.3 Å². The van der Waals surface area contributed by atoms with Gasteiger partial charge in [0.2, 0.25) is 5.91 Å². The minimum atomic E-state index is -3.17. The molecule has 3 aromatic rings. The van der Waals surface area contributed by atoms with Crippen molar-refractivity contribution in [1.29, 1.82) is 0 Å². The molecular weight excluding hydrogens is 436 g/mol. The van der Waals surface area contributed by atoms with Gasteiger partial charge in [-0.05, 0) is 47.4 Å². The molecule has 9 heteroatoms. The molecule has 0 saturated carbocycles. The van der Waals surface area contributed by atoms with Crippen molar-refractivity contribution in [3.05, 3.63) is 58.6 Å². The number of aromatic nitrogens is 1. The van der Waals surface area contributed by atoms with E-state index in [2.05, 4.69) is 10.3 Å². The number of rotatable bonds is 7. The van der Waals surface area contributed by atoms with Crippen LogP contribution in [0.4, 0.5) is 0 Å². The van der Waals surface area contributed by atoms with E-state index in [1.807, 2.05) is 19.1 Å². The van der Waals surface area contributed by atoms with Crippen LogP contribution in [0.15, 0.2) is 46.8 Å². The molecule has 0 spiro atoms. The summed E-state index contributed by atoms with van der Waals surface area (Å²) in [4.78, 5) is 16.1. The first-order valence-electron chi connectivity index (χ1n) is 9.92. The molecule has 0 aliphatic rings. The molecule has 2 aromatic carbocycles. The van der Waals surface area contributed by atoms with Crippen molar-refractivity contribution in [3.8, 4) is 0 Å². The molecule has 0 fully saturated rings. The number of hydrogen-bond acceptors (Lipinski definition) is 7. The summed E-state index contributed by atoms with van der Waals surface area (Å²) in [5.41, 5.74) is 5.01. The number of likely N-dealkylation sites (N-methyl/N-ethyl adjacent to an activating group) is 1. The van der Waals surface area contributed by atoms with Crippen LogP contribution in [0.3, 0.4) is 0 Å². The third-order valence-electron chi connectivity index (χ3n) is 4.99. The Hall–Kier alpha value is -2.33. The molecule has 0 aliphatic carbocycles. The lowest BCUT2D eigenvalue weighted by Gasteiger charge is -2.14. The van der Waals surface area contributed by atoms with Crippen molar-refractivity contribution >= 4 is 37.3 Å². The van der Waals surface area contributed by atoms with Crippen LogP contribution in [-0.2, 0) is 27.8 Å². The SMILES string of the molecule is CCC(C(=O)NC)c1ccc(S(=O)(=O)CC)cc1.OCc1cc2ncsc2cc1CO. The zero-order valence-electron chi connectivity index (χ0n) is 17.8. The number of hydrogen-bond donors (Lipinski definition) is 3. The van der Waals surface area contributed by atoms with Crippen molar-refractivity contribution in [2.24, 2.45) is 0 Å². The first-order valence-corrected chi connectivity index (χ1v) is 12.4. The molecule has 1 aromatic heterocycles. The molecule has 31 heavy (non-hydrogen) atoms. The van der Waals surface area contributed by atoms with Gasteiger partial charge in [0.15, 0.2) is 9.84 Å². The first-order chi connectivity index (χ1) is 14.8. The number of aliphatic hydroxyl groups is 2. The highest BCUT2D eigenvalue weighted by molar-refractivity contribution is 7.91. The number of carbonyl (C=O) groups excluding carboxylic acids is 1. The van der Waals surface area contributed by atoms with E-state index < -0.39 is 9.84 Å². The average Bonchev–Trinajstić information content (AvgIpc) is 3.26. The lowest BCUT2D eigenvalue weighted by molar-refractivity contribution is -0.122. The number of nitrogens with zero attached hydrogens (tertiary/aromatic N) is 1. The summed E-state index contributed by atoms with van der Waals surface area (Å²) < 4.78 is 24.4. The fourth-order valence-corrected chi connectivity index (χ4v) is 4.71. The van der Waals surface area contributed by atoms with Crippen LogP contribution in [0.25, 0.3) is 10.2 Å². The van der Waals surface area contributed by atoms with Crippen LogP contribution >= 0.6 is 11.3 Å². The summed E-state index contributed by atoms with van der Waals surface area (Å²) in [6, 6.07) is 10.3. The monoisotopic (exact) mass is 464 g/mol. The van der Waals surface area contributed by atoms with Gasteiger partial charge in [-0.3, -0.25) is 4.79 Å². The van der Waals surface area contributed by atoms with E-state index in [0.29, 0.717) is 11.3 Å². The van der Waals surface area contributed by atoms with Gasteiger partial charge in [0.25, 0.3) is 0 Å². The number of carbonyl (C=O) groups is 1. The van der Waals surface area contributed by atoms with Crippen LogP contribution in [-0.4, -0.2) is 42.3 Å². The van der Waals surface area contributed by atoms with Gasteiger partial charge in [-0.25, -0.2) is 13.4 Å². The number of amides is 1. The predicted octanol–water partition coefficient (Wildman–Crippen LogP) is 3.00. The molecule has 1 amide bonds. The molecule has 1 atom stereocenters. The average molecular weight is 465 g/mol. The maximum Gasteiger partial charge on any atom is 0.227 e. The van der Waals surface area contributed by atoms with Crippen molar-refractivity contribution in [3.63, 3.8) is 0 Å². The zero-order chi connectivity index (χ0) is 23.0. The van der Waals surface area contributed by atoms with Crippen LogP contribution in [0.2, 0.25) is 0 Å². The molecule has 3 rings (SSSR count). The van der Waals surface area contributed by atoms with Gasteiger partial charge in [0, 0.05) is 7.05 Å². The summed E-state index contributed by atoms with van der Waals surface area (Å²) in [6.45, 7) is 3.45. The lowest BCUT2D eigenvalue weighted by Crippen LogP contribution is -2.25. The Morgan fingerprint density at radius 1 is 1.10 bits per heavy atom. The normalized spacial score (nSPS) is 12.2. The Kier molecular flexibility index (Phi) is 9.12. The smallest absolute Gasteiger partial charge is 0.227 e. The van der Waals surface area contributed by atoms with Gasteiger partial charge in [-0.2, -0.15) is 0 Å². The Morgan fingerprint density at radius 2 is 1.71 bits per heavy atom. The van der Waals surface area contributed by atoms with E-state index in [9.17, 15) is 13.2 Å². The summed E-state index contributed by atoms with van der Waals surface area (Å²) in [5, 5.41) is 20.6. The van der Waals surface area contributed by atoms with E-state index >= 15 is 0 Å². The fraction of sp³-hybridized carbons (Fsp3) is 0.364. The Labute approximate surface area is 186 Å². The van der Waals surface area contributed by atoms with E-state index in [1.165, 1.54) is 11.3 Å². The second kappa shape index (κ2) is 11.3. The molecule has 168 valence electrons. The summed E-state index contributed by atoms with van der Waals surface area (Å²) >= 11 is 1.53. The number of nitrogens with one attached hydrogen (secondary N) is 1. The van der Waals surface area contributed by atoms with Crippen LogP contribution in [0.5, 0.6) is 0 Å². The van der Waals surface area contributed by atoms with E-state index in [1.54, 1.807) is 43.7 Å². The van der Waals surface area contributed by atoms with Gasteiger partial charge in [0.1, 0.15) is 0 Å². The Balaban J connectivity index is 0.000000231. The Morgan fingerprint density at radius 3 is 2.23 bits per heavy atom. The second-order valence-corrected chi connectivity index (χ2v) is 9.97. The van der Waals surface area contributed by atoms with Crippen molar-refractivity contribution < 1.29 is 23.4 Å². The van der Waals surface area contributed by atoms with E-state index in [4.69, 9.17) is 10.2 Å². The maximum atomic E-state index is 11.7. The minimum absolute atomic E-state index is 0.0380. The summed E-state index contributed by atoms with van der Waals surface area (Å²) in [5.74, 6) is -0.198. The number of fused-ring (bicyclic) bond motifs is 1. The van der Waals surface area contributed by atoms with Crippen molar-refractivity contribution in [2.45, 2.75) is 44.3 Å². The van der Waals surface area contributed by atoms with Gasteiger partial charge in [-0.1, -0.05) is 26.0 Å². The number of thiazole rings is 1. The van der Waals surface area contributed by atoms with Gasteiger partial charge in [-0.15, -0.1) is 11.3 Å². The minimum Gasteiger partial charge on any atom is -0.392 e. The number of sulfone groups is 1. The molecule has 3 N–H and O–H groups in total. The van der Waals surface area contributed by atoms with Crippen LogP contribution < -0.4 is 5.32 Å². The Bertz CT molecular complexity index is 1070. The molecule has 0 bridgehead atoms. The predicted molar refractivity (Wildman–Crippen MR) is 123 cm³/mol. The third kappa shape index (κ3) is 6.10. The maximum absolute atomic E-state index is 11.7. The molecule has 0 saturated heterocycles. The van der Waals surface area contributed by atoms with Gasteiger partial charge >= 0.3 is 0 Å². The van der Waals surface area contributed by atoms with Crippen LogP contribution in [0.1, 0.15) is 42.9 Å². The first kappa shape index (κ1) is 24.9. The molecule has 7 nitrogen and oxygen atoms in total. The zero-order valence-corrected chi connectivity index (χ0v) is 19.5. The topological polar surface area (TPSA) is 117 Å². The molecular formula is C22H28N2O5S2. The summed E-state index contributed by atoms with van der Waals surface area (Å²) in [7, 11) is -1.58. The standard InChI is InChI=1S/C13H19NO3S.C9H9NO2S/c1-4-12(13(15)14-3)10-6-8-11(9-7-10)18(16,17)5-2;11-3-6-1-8-9(13-5-10-8)2-7(6)4-12/h6-9,12H,4-5H2,1-3H3,(H,14,15);1-2,5,11-12H,3-4H2. The fourth-order valence-electron chi connectivity index (χ4n) is 3.10. The van der Waals surface area contributed by atoms with E-state index in [-0.39, 0.29) is 30.8 Å². The molecule has 1 heterocycles. The third-order valence-corrected chi connectivity index (χ3v) is 7.53. The lowest BCUT2D eigenvalue weighted by atomic mass is 9.96. The van der Waals surface area contributed by atoms with Crippen molar-refractivity contribution in [2.75, 3.05) is 12.8 Å². The quantitative estimate of drug-likeness (QED) is 0.495. The molecule has 0 radical (unpaired) electrons. The van der Waals surface area contributed by atoms with E-state index in [0.717, 1.165) is 26.9 Å². The second-order valence-electron chi connectivity index (χ2n) is 6.80. The molecule has 1 unspecified atom stereocenters. The highest BCUT2D eigenvalue weighted by Gasteiger charge is 2.18. The highest BCUT2D eigenvalue weighted by atomic mass is 32.2. The summed E-state index contributed by atoms with van der Waals surface area (Å²) in [6.07, 6.45) is 0.680. The number of aliphatic hydroxyl groups excluding tert-OH is 2.